The molecule has 8 atom stereocenters. The summed E-state index contributed by atoms with van der Waals surface area (Å²) in [6, 6.07) is 0. The summed E-state index contributed by atoms with van der Waals surface area (Å²) < 4.78 is 34.4. The minimum absolute atomic E-state index is 0.0671. The van der Waals surface area contributed by atoms with Crippen LogP contribution in [-0.4, -0.2) is 98.9 Å². The maximum atomic E-state index is 12.9. The second-order valence-electron chi connectivity index (χ2n) is 20.5. The Balaban J connectivity index is 2.26. The number of phosphoric ester groups is 1. The summed E-state index contributed by atoms with van der Waals surface area (Å²) in [5, 5.41) is 50.4. The van der Waals surface area contributed by atoms with Crippen LogP contribution in [0, 0.1) is 0 Å². The Morgan fingerprint density at radius 3 is 1.01 bits per heavy atom. The van der Waals surface area contributed by atoms with Gasteiger partial charge in [-0.05, 0) is 12.8 Å². The number of unbranched alkanes of at least 4 members (excludes halogenated alkanes) is 39. The highest BCUT2D eigenvalue weighted by Gasteiger charge is 2.51. The van der Waals surface area contributed by atoms with Crippen LogP contribution in [0.5, 0.6) is 0 Å². The summed E-state index contributed by atoms with van der Waals surface area (Å²) in [4.78, 5) is 23.3. The fourth-order valence-electron chi connectivity index (χ4n) is 9.42. The Kier molecular flexibility index (Phi) is 44.4. The number of carbonyl (C=O) groups is 1. The van der Waals surface area contributed by atoms with Crippen molar-refractivity contribution in [3.63, 3.8) is 0 Å². The number of aliphatic hydroxyl groups excluding tert-OH is 5. The highest BCUT2D eigenvalue weighted by atomic mass is 31.2. The second kappa shape index (κ2) is 46.1. The highest BCUT2D eigenvalue weighted by Crippen LogP contribution is 2.47. The third kappa shape index (κ3) is 37.1. The van der Waals surface area contributed by atoms with Gasteiger partial charge in [0.05, 0.1) is 13.2 Å². The zero-order valence-electron chi connectivity index (χ0n) is 43.9. The Labute approximate surface area is 416 Å². The van der Waals surface area contributed by atoms with Gasteiger partial charge >= 0.3 is 13.8 Å². The molecular weight excluding hydrogens is 884 g/mol. The second-order valence-corrected chi connectivity index (χ2v) is 21.9. The largest absolute Gasteiger partial charge is 0.472 e. The first-order chi connectivity index (χ1) is 33.0. The van der Waals surface area contributed by atoms with E-state index >= 15 is 0 Å². The highest BCUT2D eigenvalue weighted by molar-refractivity contribution is 7.47. The molecule has 1 rings (SSSR count). The summed E-state index contributed by atoms with van der Waals surface area (Å²) in [6.45, 7) is 4.34. The van der Waals surface area contributed by atoms with Crippen molar-refractivity contribution < 1.29 is 58.3 Å². The van der Waals surface area contributed by atoms with Crippen LogP contribution in [0.25, 0.3) is 0 Å². The van der Waals surface area contributed by atoms with Gasteiger partial charge in [-0.15, -0.1) is 0 Å². The summed E-state index contributed by atoms with van der Waals surface area (Å²) in [6.07, 6.45) is 40.3. The van der Waals surface area contributed by atoms with Gasteiger partial charge in [-0.3, -0.25) is 13.8 Å². The van der Waals surface area contributed by atoms with E-state index in [9.17, 15) is 39.8 Å². The van der Waals surface area contributed by atoms with Crippen LogP contribution in [0.4, 0.5) is 0 Å². The molecule has 0 saturated heterocycles. The standard InChI is InChI=1S/C55H109O12P/c1-3-5-7-9-11-13-15-17-19-21-23-24-25-26-27-28-30-32-34-36-38-40-42-44-49(56)66-48(47-65-68(62,63)67-55-53(60)51(58)50(57)52(59)54(55)61)46-64-45-43-41-39-37-35-33-31-29-22-20-18-16-14-12-10-8-6-4-2/h48,50-55,57-61H,3-47H2,1-2H3,(H,62,63)/t48-,50?,51-,52?,53?,54?,55?/m1/s1. The van der Waals surface area contributed by atoms with Gasteiger partial charge < -0.3 is 39.9 Å². The third-order valence-corrected chi connectivity index (χ3v) is 15.0. The number of esters is 1. The summed E-state index contributed by atoms with van der Waals surface area (Å²) in [5.41, 5.74) is 0. The molecule has 406 valence electrons. The van der Waals surface area contributed by atoms with Gasteiger partial charge in [0.2, 0.25) is 0 Å². The Morgan fingerprint density at radius 1 is 0.412 bits per heavy atom. The van der Waals surface area contributed by atoms with Crippen LogP contribution in [-0.2, 0) is 27.9 Å². The van der Waals surface area contributed by atoms with E-state index in [1.54, 1.807) is 0 Å². The lowest BCUT2D eigenvalue weighted by molar-refractivity contribution is -0.220. The van der Waals surface area contributed by atoms with Gasteiger partial charge in [-0.25, -0.2) is 4.57 Å². The molecule has 0 aromatic heterocycles. The van der Waals surface area contributed by atoms with E-state index in [0.29, 0.717) is 13.0 Å². The molecule has 6 unspecified atom stereocenters. The van der Waals surface area contributed by atoms with Crippen molar-refractivity contribution in [1.29, 1.82) is 0 Å². The van der Waals surface area contributed by atoms with Crippen molar-refractivity contribution in [2.24, 2.45) is 0 Å². The van der Waals surface area contributed by atoms with Gasteiger partial charge in [0.15, 0.2) is 0 Å². The van der Waals surface area contributed by atoms with Crippen LogP contribution in [0.3, 0.4) is 0 Å². The number of carbonyl (C=O) groups excluding carboxylic acids is 1. The van der Waals surface area contributed by atoms with Crippen molar-refractivity contribution in [2.75, 3.05) is 19.8 Å². The fraction of sp³-hybridized carbons (Fsp3) is 0.982. The average molecular weight is 993 g/mol. The maximum absolute atomic E-state index is 12.9. The minimum Gasteiger partial charge on any atom is -0.457 e. The molecule has 0 spiro atoms. The van der Waals surface area contributed by atoms with Crippen molar-refractivity contribution in [2.45, 2.75) is 326 Å². The first-order valence-corrected chi connectivity index (χ1v) is 30.4. The van der Waals surface area contributed by atoms with Crippen LogP contribution in [0.1, 0.15) is 284 Å². The average Bonchev–Trinajstić information content (AvgIpc) is 3.32. The molecular formula is C55H109O12P. The van der Waals surface area contributed by atoms with E-state index < -0.39 is 63.1 Å². The number of rotatable bonds is 51. The number of ether oxygens (including phenoxy) is 2. The topological polar surface area (TPSA) is 192 Å². The quantitative estimate of drug-likeness (QED) is 0.0192. The Morgan fingerprint density at radius 2 is 0.691 bits per heavy atom. The monoisotopic (exact) mass is 993 g/mol. The SMILES string of the molecule is CCCCCCCCCCCCCCCCCCCCCCCCCC(=O)O[C@H](COCCCCCCCCCCCCCCCCCCCC)COP(=O)(O)OC1C(O)C(O)C(O)[C@@H](O)C1O. The molecule has 0 heterocycles. The molecule has 6 N–H and O–H groups in total. The van der Waals surface area contributed by atoms with E-state index in [2.05, 4.69) is 13.8 Å². The van der Waals surface area contributed by atoms with Gasteiger partial charge in [-0.2, -0.15) is 0 Å². The van der Waals surface area contributed by atoms with Crippen molar-refractivity contribution in [1.82, 2.24) is 0 Å². The van der Waals surface area contributed by atoms with Crippen LogP contribution < -0.4 is 0 Å². The van der Waals surface area contributed by atoms with Crippen LogP contribution in [0.15, 0.2) is 0 Å². The van der Waals surface area contributed by atoms with E-state index in [1.807, 2.05) is 0 Å². The fourth-order valence-corrected chi connectivity index (χ4v) is 10.4. The smallest absolute Gasteiger partial charge is 0.457 e. The molecule has 0 radical (unpaired) electrons. The number of aliphatic hydroxyl groups is 5. The zero-order chi connectivity index (χ0) is 49.8. The number of hydrogen-bond donors (Lipinski definition) is 6. The summed E-state index contributed by atoms with van der Waals surface area (Å²) in [5.74, 6) is -0.467. The van der Waals surface area contributed by atoms with Gasteiger partial charge in [0.1, 0.15) is 42.7 Å². The van der Waals surface area contributed by atoms with Crippen molar-refractivity contribution in [3.8, 4) is 0 Å². The van der Waals surface area contributed by atoms with E-state index in [0.717, 1.165) is 38.5 Å². The molecule has 0 aromatic rings. The lowest BCUT2D eigenvalue weighted by Crippen LogP contribution is -2.64. The Bertz CT molecular complexity index is 1130. The molecule has 0 aromatic carbocycles. The van der Waals surface area contributed by atoms with Crippen molar-refractivity contribution in [3.05, 3.63) is 0 Å². The Hall–Kier alpha value is -0.660. The lowest BCUT2D eigenvalue weighted by atomic mass is 9.85. The van der Waals surface area contributed by atoms with Gasteiger partial charge in [-0.1, -0.05) is 264 Å². The molecule has 0 amide bonds. The minimum atomic E-state index is -5.02. The molecule has 0 aliphatic heterocycles. The molecule has 12 nitrogen and oxygen atoms in total. The van der Waals surface area contributed by atoms with Crippen LogP contribution in [0.2, 0.25) is 0 Å². The van der Waals surface area contributed by atoms with Gasteiger partial charge in [0.25, 0.3) is 0 Å². The molecule has 0 bridgehead atoms. The van der Waals surface area contributed by atoms with Gasteiger partial charge in [0, 0.05) is 13.0 Å². The number of phosphoric acid groups is 1. The maximum Gasteiger partial charge on any atom is 0.472 e. The zero-order valence-corrected chi connectivity index (χ0v) is 44.8. The lowest BCUT2D eigenvalue weighted by Gasteiger charge is -2.41. The first-order valence-electron chi connectivity index (χ1n) is 28.9. The summed E-state index contributed by atoms with van der Waals surface area (Å²) >= 11 is 0. The first kappa shape index (κ1) is 65.4. The number of hydrogen-bond acceptors (Lipinski definition) is 11. The summed E-state index contributed by atoms with van der Waals surface area (Å²) in [7, 11) is -5.02. The molecule has 13 heteroatoms. The molecule has 68 heavy (non-hydrogen) atoms. The predicted octanol–water partition coefficient (Wildman–Crippen LogP) is 13.7. The molecule has 1 aliphatic rings. The van der Waals surface area contributed by atoms with E-state index in [1.165, 1.54) is 218 Å². The molecule has 1 aliphatic carbocycles. The van der Waals surface area contributed by atoms with E-state index in [-0.39, 0.29) is 13.0 Å². The molecule has 1 saturated carbocycles. The normalized spacial score (nSPS) is 21.0. The third-order valence-electron chi connectivity index (χ3n) is 14.0. The van der Waals surface area contributed by atoms with E-state index in [4.69, 9.17) is 18.5 Å². The van der Waals surface area contributed by atoms with Crippen molar-refractivity contribution >= 4 is 13.8 Å². The van der Waals surface area contributed by atoms with Crippen LogP contribution >= 0.6 is 7.82 Å². The predicted molar refractivity (Wildman–Crippen MR) is 277 cm³/mol. The molecule has 1 fully saturated rings.